The second kappa shape index (κ2) is 8.75. The zero-order valence-electron chi connectivity index (χ0n) is 16.3. The molecule has 1 aliphatic rings. The predicted molar refractivity (Wildman–Crippen MR) is 117 cm³/mol. The second-order valence-electron chi connectivity index (χ2n) is 6.91. The first-order valence-electron chi connectivity index (χ1n) is 9.38. The minimum Gasteiger partial charge on any atom is -0.322 e. The summed E-state index contributed by atoms with van der Waals surface area (Å²) in [5.41, 5.74) is 0.731. The largest absolute Gasteiger partial charge is 0.322 e. The van der Waals surface area contributed by atoms with Gasteiger partial charge in [0.05, 0.1) is 16.4 Å². The van der Waals surface area contributed by atoms with Crippen LogP contribution in [-0.4, -0.2) is 22.5 Å². The number of nitrogens with zero attached hydrogens (tertiary/aromatic N) is 2. The summed E-state index contributed by atoms with van der Waals surface area (Å²) in [6.45, 7) is 0. The molecule has 0 spiro atoms. The van der Waals surface area contributed by atoms with Gasteiger partial charge in [-0.2, -0.15) is 0 Å². The second-order valence-corrected chi connectivity index (χ2v) is 7.98. The number of thioether (sulfide) groups is 1. The van der Waals surface area contributed by atoms with Crippen LogP contribution in [0.3, 0.4) is 0 Å². The quantitative estimate of drug-likeness (QED) is 0.436. The number of amides is 2. The predicted octanol–water partition coefficient (Wildman–Crippen LogP) is 4.90. The van der Waals surface area contributed by atoms with Crippen molar-refractivity contribution in [2.45, 2.75) is 5.37 Å². The standard InChI is InChI=1S/C22H15F2N3O4S/c23-15-7-8-18(24)19(11-15)26-20(28)12-32-22(26)14-4-1-5-16(9-14)25-21(29)13-3-2-6-17(10-13)27(30)31/h1-11,22H,12H2,(H,25,29). The average Bonchev–Trinajstić information content (AvgIpc) is 3.17. The Hall–Kier alpha value is -3.79. The van der Waals surface area contributed by atoms with E-state index in [2.05, 4.69) is 5.32 Å². The van der Waals surface area contributed by atoms with E-state index in [1.54, 1.807) is 24.3 Å². The fourth-order valence-electron chi connectivity index (χ4n) is 3.34. The molecule has 0 aliphatic carbocycles. The highest BCUT2D eigenvalue weighted by Gasteiger charge is 2.36. The average molecular weight is 455 g/mol. The molecule has 1 atom stereocenters. The Morgan fingerprint density at radius 1 is 1.09 bits per heavy atom. The van der Waals surface area contributed by atoms with Crippen LogP contribution in [0.5, 0.6) is 0 Å². The van der Waals surface area contributed by atoms with Crippen molar-refractivity contribution in [2.24, 2.45) is 0 Å². The molecule has 7 nitrogen and oxygen atoms in total. The minimum atomic E-state index is -0.720. The van der Waals surface area contributed by atoms with E-state index in [1.807, 2.05) is 0 Å². The van der Waals surface area contributed by atoms with Gasteiger partial charge in [-0.1, -0.05) is 18.2 Å². The number of nitro benzene ring substituents is 1. The molecular formula is C22H15F2N3O4S. The molecule has 162 valence electrons. The van der Waals surface area contributed by atoms with Gasteiger partial charge in [-0.25, -0.2) is 8.78 Å². The van der Waals surface area contributed by atoms with Crippen LogP contribution >= 0.6 is 11.8 Å². The highest BCUT2D eigenvalue weighted by molar-refractivity contribution is 8.00. The van der Waals surface area contributed by atoms with Crippen molar-refractivity contribution in [2.75, 3.05) is 16.0 Å². The number of benzene rings is 3. The Labute approximate surface area is 185 Å². The topological polar surface area (TPSA) is 92.6 Å². The third-order valence-electron chi connectivity index (χ3n) is 4.78. The Morgan fingerprint density at radius 3 is 2.66 bits per heavy atom. The van der Waals surface area contributed by atoms with Crippen molar-refractivity contribution < 1.29 is 23.3 Å². The smallest absolute Gasteiger partial charge is 0.270 e. The van der Waals surface area contributed by atoms with Crippen LogP contribution in [-0.2, 0) is 4.79 Å². The molecule has 0 bridgehead atoms. The lowest BCUT2D eigenvalue weighted by molar-refractivity contribution is -0.384. The molecule has 10 heteroatoms. The van der Waals surface area contributed by atoms with Gasteiger partial charge in [0, 0.05) is 29.4 Å². The van der Waals surface area contributed by atoms with E-state index < -0.39 is 27.8 Å². The number of hydrogen-bond acceptors (Lipinski definition) is 5. The van der Waals surface area contributed by atoms with Crippen molar-refractivity contribution >= 4 is 40.6 Å². The van der Waals surface area contributed by atoms with Crippen molar-refractivity contribution in [1.29, 1.82) is 0 Å². The summed E-state index contributed by atoms with van der Waals surface area (Å²) in [6, 6.07) is 14.8. The van der Waals surface area contributed by atoms with E-state index >= 15 is 0 Å². The fourth-order valence-corrected chi connectivity index (χ4v) is 4.49. The van der Waals surface area contributed by atoms with Crippen LogP contribution < -0.4 is 10.2 Å². The molecule has 1 saturated heterocycles. The molecule has 1 heterocycles. The first kappa shape index (κ1) is 21.4. The molecule has 3 aromatic rings. The number of carbonyl (C=O) groups excluding carboxylic acids is 2. The van der Waals surface area contributed by atoms with E-state index in [0.717, 1.165) is 18.2 Å². The van der Waals surface area contributed by atoms with Crippen LogP contribution in [0.4, 0.5) is 25.8 Å². The minimum absolute atomic E-state index is 0.0882. The Morgan fingerprint density at radius 2 is 1.88 bits per heavy atom. The van der Waals surface area contributed by atoms with Gasteiger partial charge in [0.2, 0.25) is 5.91 Å². The number of nitrogens with one attached hydrogen (secondary N) is 1. The van der Waals surface area contributed by atoms with Gasteiger partial charge in [-0.3, -0.25) is 24.6 Å². The summed E-state index contributed by atoms with van der Waals surface area (Å²) in [5.74, 6) is -2.21. The molecule has 4 rings (SSSR count). The molecule has 1 N–H and O–H groups in total. The number of anilines is 2. The summed E-state index contributed by atoms with van der Waals surface area (Å²) in [7, 11) is 0. The molecule has 32 heavy (non-hydrogen) atoms. The number of rotatable bonds is 5. The van der Waals surface area contributed by atoms with Gasteiger partial charge in [-0.15, -0.1) is 11.8 Å². The van der Waals surface area contributed by atoms with E-state index in [1.165, 1.54) is 40.9 Å². The third kappa shape index (κ3) is 4.30. The summed E-state index contributed by atoms with van der Waals surface area (Å²) in [5, 5.41) is 13.0. The zero-order chi connectivity index (χ0) is 22.8. The Bertz CT molecular complexity index is 1240. The Kier molecular flexibility index (Phi) is 5.87. The molecule has 1 unspecified atom stereocenters. The maximum atomic E-state index is 14.3. The molecule has 0 saturated carbocycles. The Balaban J connectivity index is 1.60. The van der Waals surface area contributed by atoms with Crippen molar-refractivity contribution in [3.8, 4) is 0 Å². The highest BCUT2D eigenvalue weighted by Crippen LogP contribution is 2.43. The number of non-ortho nitro benzene ring substituents is 1. The van der Waals surface area contributed by atoms with Crippen LogP contribution in [0.1, 0.15) is 21.3 Å². The zero-order valence-corrected chi connectivity index (χ0v) is 17.1. The molecule has 1 aliphatic heterocycles. The summed E-state index contributed by atoms with van der Waals surface area (Å²) in [4.78, 5) is 36.5. The van der Waals surface area contributed by atoms with Crippen LogP contribution in [0.25, 0.3) is 0 Å². The van der Waals surface area contributed by atoms with E-state index in [0.29, 0.717) is 11.3 Å². The van der Waals surface area contributed by atoms with Crippen molar-refractivity contribution in [1.82, 2.24) is 0 Å². The number of nitro groups is 1. The summed E-state index contributed by atoms with van der Waals surface area (Å²) < 4.78 is 28.0. The summed E-state index contributed by atoms with van der Waals surface area (Å²) >= 11 is 1.25. The highest BCUT2D eigenvalue weighted by atomic mass is 32.2. The first-order valence-corrected chi connectivity index (χ1v) is 10.4. The molecule has 1 fully saturated rings. The molecular weight excluding hydrogens is 440 g/mol. The van der Waals surface area contributed by atoms with Gasteiger partial charge in [0.15, 0.2) is 0 Å². The van der Waals surface area contributed by atoms with Gasteiger partial charge in [0.25, 0.3) is 11.6 Å². The number of hydrogen-bond donors (Lipinski definition) is 1. The van der Waals surface area contributed by atoms with Crippen LogP contribution in [0.15, 0.2) is 66.7 Å². The maximum Gasteiger partial charge on any atom is 0.270 e. The van der Waals surface area contributed by atoms with Gasteiger partial charge >= 0.3 is 0 Å². The first-order chi connectivity index (χ1) is 15.3. The fraction of sp³-hybridized carbons (Fsp3) is 0.0909. The van der Waals surface area contributed by atoms with E-state index in [4.69, 9.17) is 0 Å². The number of carbonyl (C=O) groups is 2. The third-order valence-corrected chi connectivity index (χ3v) is 6.00. The molecule has 0 radical (unpaired) electrons. The van der Waals surface area contributed by atoms with Gasteiger partial charge in [-0.05, 0) is 35.9 Å². The van der Waals surface area contributed by atoms with Crippen LogP contribution in [0.2, 0.25) is 0 Å². The maximum absolute atomic E-state index is 14.3. The molecule has 0 aromatic heterocycles. The lowest BCUT2D eigenvalue weighted by atomic mass is 10.1. The normalized spacial score (nSPS) is 15.6. The van der Waals surface area contributed by atoms with Gasteiger partial charge < -0.3 is 5.32 Å². The number of halogens is 2. The summed E-state index contributed by atoms with van der Waals surface area (Å²) in [6.07, 6.45) is 0. The van der Waals surface area contributed by atoms with Crippen molar-refractivity contribution in [3.63, 3.8) is 0 Å². The molecule has 3 aromatic carbocycles. The van der Waals surface area contributed by atoms with Crippen LogP contribution in [0, 0.1) is 21.7 Å². The SMILES string of the molecule is O=C(Nc1cccc(C2SCC(=O)N2c2cc(F)ccc2F)c1)c1cccc([N+](=O)[O-])c1. The van der Waals surface area contributed by atoms with E-state index in [-0.39, 0.29) is 28.6 Å². The van der Waals surface area contributed by atoms with Gasteiger partial charge in [0.1, 0.15) is 17.0 Å². The lowest BCUT2D eigenvalue weighted by Gasteiger charge is -2.25. The van der Waals surface area contributed by atoms with Crippen molar-refractivity contribution in [3.05, 3.63) is 99.6 Å². The molecule has 2 amide bonds. The monoisotopic (exact) mass is 455 g/mol. The lowest BCUT2D eigenvalue weighted by Crippen LogP contribution is -2.28. The van der Waals surface area contributed by atoms with E-state index in [9.17, 15) is 28.5 Å².